The number of phenolic OH excluding ortho intramolecular Hbond substituents is 1. The summed E-state index contributed by atoms with van der Waals surface area (Å²) in [5.74, 6) is -0.510. The molecular formula is C17H18O4. The number of hydrogen-bond acceptors (Lipinski definition) is 4. The van der Waals surface area contributed by atoms with E-state index in [-0.39, 0.29) is 17.3 Å². The zero-order chi connectivity index (χ0) is 14.8. The molecule has 21 heavy (non-hydrogen) atoms. The van der Waals surface area contributed by atoms with Crippen molar-refractivity contribution in [1.29, 1.82) is 0 Å². The second kappa shape index (κ2) is 4.17. The number of fused-ring (bicyclic) bond motifs is 2. The fourth-order valence-corrected chi connectivity index (χ4v) is 3.71. The number of aromatic hydroxyl groups is 1. The molecule has 0 amide bonds. The highest BCUT2D eigenvalue weighted by atomic mass is 16.5. The van der Waals surface area contributed by atoms with E-state index in [9.17, 15) is 14.7 Å². The van der Waals surface area contributed by atoms with Crippen molar-refractivity contribution in [3.05, 3.63) is 29.3 Å². The molecule has 110 valence electrons. The van der Waals surface area contributed by atoms with Gasteiger partial charge in [0.2, 0.25) is 0 Å². The van der Waals surface area contributed by atoms with E-state index in [0.717, 1.165) is 18.4 Å². The molecule has 3 atom stereocenters. The zero-order valence-corrected chi connectivity index (χ0v) is 12.0. The third-order valence-electron chi connectivity index (χ3n) is 5.07. The molecule has 0 spiro atoms. The van der Waals surface area contributed by atoms with E-state index >= 15 is 0 Å². The third kappa shape index (κ3) is 1.85. The van der Waals surface area contributed by atoms with Gasteiger partial charge in [-0.15, -0.1) is 0 Å². The summed E-state index contributed by atoms with van der Waals surface area (Å²) in [6, 6.07) is 5.10. The standard InChI is InChI=1S/C17H18O4/c1-17-7-6-13(21-17)15(19)14(16(17)20)12-8-10(18)4-5-11(12)9-2-3-9/h4-5,8-9,13-14,18H,2-3,6-7H2,1H3. The van der Waals surface area contributed by atoms with Gasteiger partial charge >= 0.3 is 0 Å². The van der Waals surface area contributed by atoms with Crippen molar-refractivity contribution >= 4 is 11.6 Å². The van der Waals surface area contributed by atoms with Crippen molar-refractivity contribution in [2.24, 2.45) is 0 Å². The summed E-state index contributed by atoms with van der Waals surface area (Å²) in [6.45, 7) is 1.79. The lowest BCUT2D eigenvalue weighted by Crippen LogP contribution is -2.49. The Kier molecular flexibility index (Phi) is 2.58. The summed E-state index contributed by atoms with van der Waals surface area (Å²) in [5.41, 5.74) is 0.911. The molecule has 4 heteroatoms. The van der Waals surface area contributed by atoms with Gasteiger partial charge in [-0.05, 0) is 61.8 Å². The number of carbonyl (C=O) groups excluding carboxylic acids is 2. The SMILES string of the molecule is CC12CCC(O1)C(=O)C(c1cc(O)ccc1C1CC1)C2=O. The van der Waals surface area contributed by atoms with Crippen LogP contribution in [0.15, 0.2) is 18.2 Å². The Morgan fingerprint density at radius 3 is 2.67 bits per heavy atom. The maximum absolute atomic E-state index is 12.8. The molecule has 4 nitrogen and oxygen atoms in total. The number of carbonyl (C=O) groups is 2. The molecule has 2 aliphatic heterocycles. The summed E-state index contributed by atoms with van der Waals surface area (Å²) >= 11 is 0. The van der Waals surface area contributed by atoms with Crippen molar-refractivity contribution in [3.63, 3.8) is 0 Å². The van der Waals surface area contributed by atoms with Crippen LogP contribution < -0.4 is 0 Å². The van der Waals surface area contributed by atoms with Crippen LogP contribution in [0.25, 0.3) is 0 Å². The highest BCUT2D eigenvalue weighted by molar-refractivity contribution is 6.15. The molecule has 1 aromatic carbocycles. The second-order valence-corrected chi connectivity index (χ2v) is 6.66. The molecule has 2 heterocycles. The number of ketones is 2. The zero-order valence-electron chi connectivity index (χ0n) is 12.0. The normalized spacial score (nSPS) is 35.3. The first-order chi connectivity index (χ1) is 9.99. The van der Waals surface area contributed by atoms with Crippen molar-refractivity contribution in [1.82, 2.24) is 0 Å². The van der Waals surface area contributed by atoms with Crippen molar-refractivity contribution in [2.45, 2.75) is 56.1 Å². The van der Waals surface area contributed by atoms with E-state index in [1.807, 2.05) is 6.07 Å². The van der Waals surface area contributed by atoms with Crippen LogP contribution >= 0.6 is 0 Å². The van der Waals surface area contributed by atoms with Crippen LogP contribution in [0, 0.1) is 0 Å². The predicted molar refractivity (Wildman–Crippen MR) is 75.3 cm³/mol. The Balaban J connectivity index is 1.84. The van der Waals surface area contributed by atoms with Crippen LogP contribution in [0.5, 0.6) is 5.75 Å². The lowest BCUT2D eigenvalue weighted by molar-refractivity contribution is -0.160. The average molecular weight is 286 g/mol. The van der Waals surface area contributed by atoms with E-state index < -0.39 is 17.6 Å². The number of hydrogen-bond donors (Lipinski definition) is 1. The molecule has 3 fully saturated rings. The fraction of sp³-hybridized carbons (Fsp3) is 0.529. The molecule has 1 aliphatic carbocycles. The van der Waals surface area contributed by atoms with Crippen LogP contribution in [0.2, 0.25) is 0 Å². The van der Waals surface area contributed by atoms with Crippen LogP contribution in [0.4, 0.5) is 0 Å². The monoisotopic (exact) mass is 286 g/mol. The van der Waals surface area contributed by atoms with Crippen LogP contribution in [-0.4, -0.2) is 28.4 Å². The van der Waals surface area contributed by atoms with Gasteiger partial charge in [-0.2, -0.15) is 0 Å². The molecule has 0 aromatic heterocycles. The van der Waals surface area contributed by atoms with Crippen LogP contribution in [-0.2, 0) is 14.3 Å². The van der Waals surface area contributed by atoms with Crippen molar-refractivity contribution in [3.8, 4) is 5.75 Å². The van der Waals surface area contributed by atoms with E-state index in [4.69, 9.17) is 4.74 Å². The van der Waals surface area contributed by atoms with Gasteiger partial charge in [0.15, 0.2) is 11.6 Å². The number of rotatable bonds is 2. The van der Waals surface area contributed by atoms with Crippen LogP contribution in [0.1, 0.15) is 55.6 Å². The summed E-state index contributed by atoms with van der Waals surface area (Å²) in [4.78, 5) is 25.4. The number of Topliss-reactive ketones (excluding diaryl/α,β-unsaturated/α-hetero) is 2. The lowest BCUT2D eigenvalue weighted by atomic mass is 9.79. The fourth-order valence-electron chi connectivity index (χ4n) is 3.71. The second-order valence-electron chi connectivity index (χ2n) is 6.66. The molecule has 3 unspecified atom stereocenters. The minimum absolute atomic E-state index is 0.110. The Morgan fingerprint density at radius 1 is 1.19 bits per heavy atom. The Hall–Kier alpha value is -1.68. The minimum Gasteiger partial charge on any atom is -0.508 e. The number of phenols is 1. The first-order valence-electron chi connectivity index (χ1n) is 7.58. The smallest absolute Gasteiger partial charge is 0.179 e. The molecule has 2 bridgehead atoms. The van der Waals surface area contributed by atoms with Gasteiger partial charge in [0.05, 0.1) is 0 Å². The maximum Gasteiger partial charge on any atom is 0.179 e. The first kappa shape index (κ1) is 13.0. The van der Waals surface area contributed by atoms with Gasteiger partial charge in [0.1, 0.15) is 23.4 Å². The maximum atomic E-state index is 12.8. The number of benzene rings is 1. The molecule has 1 aromatic rings. The van der Waals surface area contributed by atoms with Gasteiger partial charge in [-0.3, -0.25) is 9.59 Å². The van der Waals surface area contributed by atoms with E-state index in [0.29, 0.717) is 24.3 Å². The van der Waals surface area contributed by atoms with Gasteiger partial charge in [0, 0.05) is 0 Å². The van der Waals surface area contributed by atoms with E-state index in [1.165, 1.54) is 0 Å². The highest BCUT2D eigenvalue weighted by Gasteiger charge is 2.56. The van der Waals surface area contributed by atoms with Gasteiger partial charge in [-0.25, -0.2) is 0 Å². The van der Waals surface area contributed by atoms with E-state index in [2.05, 4.69) is 0 Å². The summed E-state index contributed by atoms with van der Waals surface area (Å²) in [5, 5.41) is 9.80. The summed E-state index contributed by atoms with van der Waals surface area (Å²) < 4.78 is 5.65. The Labute approximate surface area is 123 Å². The third-order valence-corrected chi connectivity index (χ3v) is 5.07. The van der Waals surface area contributed by atoms with E-state index in [1.54, 1.807) is 19.1 Å². The average Bonchev–Trinajstić information content (AvgIpc) is 3.21. The van der Waals surface area contributed by atoms with Gasteiger partial charge in [0.25, 0.3) is 0 Å². The Morgan fingerprint density at radius 2 is 1.95 bits per heavy atom. The lowest BCUT2D eigenvalue weighted by Gasteiger charge is -2.34. The largest absolute Gasteiger partial charge is 0.508 e. The van der Waals surface area contributed by atoms with Gasteiger partial charge < -0.3 is 9.84 Å². The van der Waals surface area contributed by atoms with Crippen molar-refractivity contribution < 1.29 is 19.4 Å². The van der Waals surface area contributed by atoms with Crippen molar-refractivity contribution in [2.75, 3.05) is 0 Å². The molecule has 4 rings (SSSR count). The molecule has 0 radical (unpaired) electrons. The summed E-state index contributed by atoms with van der Waals surface area (Å²) in [7, 11) is 0. The summed E-state index contributed by atoms with van der Waals surface area (Å²) in [6.07, 6.45) is 2.94. The number of ether oxygens (including phenoxy) is 1. The first-order valence-corrected chi connectivity index (χ1v) is 7.58. The molecule has 1 N–H and O–H groups in total. The molecular weight excluding hydrogens is 268 g/mol. The van der Waals surface area contributed by atoms with Crippen LogP contribution in [0.3, 0.4) is 0 Å². The molecule has 2 saturated heterocycles. The predicted octanol–water partition coefficient (Wildman–Crippen LogP) is 2.44. The minimum atomic E-state index is -0.838. The molecule has 3 aliphatic rings. The highest BCUT2D eigenvalue weighted by Crippen LogP contribution is 2.48. The topological polar surface area (TPSA) is 63.6 Å². The molecule has 1 saturated carbocycles. The Bertz CT molecular complexity index is 646. The quantitative estimate of drug-likeness (QED) is 0.848. The van der Waals surface area contributed by atoms with Gasteiger partial charge in [-0.1, -0.05) is 6.07 Å².